The Bertz CT molecular complexity index is 961. The van der Waals surface area contributed by atoms with Crippen LogP contribution in [0.15, 0.2) is 36.4 Å². The number of carbonyl (C=O) groups is 2. The van der Waals surface area contributed by atoms with E-state index in [0.29, 0.717) is 11.8 Å². The summed E-state index contributed by atoms with van der Waals surface area (Å²) in [4.78, 5) is 25.2. The quantitative estimate of drug-likeness (QED) is 0.365. The molecule has 2 aliphatic rings. The van der Waals surface area contributed by atoms with Crippen molar-refractivity contribution in [3.63, 3.8) is 0 Å². The normalized spacial score (nSPS) is 22.8. The Morgan fingerprint density at radius 3 is 1.50 bits per heavy atom. The molecule has 4 heteroatoms. The second kappa shape index (κ2) is 10.8. The van der Waals surface area contributed by atoms with Gasteiger partial charge in [-0.3, -0.25) is 9.59 Å². The minimum Gasteiger partial charge on any atom is -0.326 e. The van der Waals surface area contributed by atoms with Gasteiger partial charge < -0.3 is 10.6 Å². The van der Waals surface area contributed by atoms with Crippen molar-refractivity contribution in [1.29, 1.82) is 0 Å². The lowest BCUT2D eigenvalue weighted by atomic mass is 9.99. The van der Waals surface area contributed by atoms with E-state index in [-0.39, 0.29) is 23.7 Å². The Hall–Kier alpha value is -2.62. The predicted octanol–water partition coefficient (Wildman–Crippen LogP) is 7.50. The smallest absolute Gasteiger partial charge is 0.227 e. The highest BCUT2D eigenvalue weighted by atomic mass is 16.2. The molecular weight excluding hydrogens is 420 g/mol. The van der Waals surface area contributed by atoms with Crippen LogP contribution in [0.5, 0.6) is 0 Å². The fourth-order valence-electron chi connectivity index (χ4n) is 5.13. The van der Waals surface area contributed by atoms with Crippen molar-refractivity contribution in [2.75, 3.05) is 10.6 Å². The molecule has 4 atom stereocenters. The van der Waals surface area contributed by atoms with Crippen LogP contribution in [0.25, 0.3) is 11.1 Å². The molecule has 0 bridgehead atoms. The number of benzene rings is 2. The molecule has 2 saturated carbocycles. The van der Waals surface area contributed by atoms with Gasteiger partial charge in [0.2, 0.25) is 11.8 Å². The number of carbonyl (C=O) groups excluding carboxylic acids is 2. The molecule has 4 rings (SSSR count). The Kier molecular flexibility index (Phi) is 7.75. The van der Waals surface area contributed by atoms with Gasteiger partial charge >= 0.3 is 0 Å². The maximum Gasteiger partial charge on any atom is 0.227 e. The molecule has 2 amide bonds. The number of rotatable bonds is 11. The standard InChI is InChI=1S/C30H40N2O2/c1-5-7-9-23-17-25(23)29(33)31-27-13-11-21(15-19(27)3)22-12-14-28(20(4)16-22)32-30(34)26-18-24(26)10-8-6-2/h11-16,23-26H,5-10,17-18H2,1-4H3,(H,31,33)(H,32,34)/t23-,24+,25-,26-/m0/s1. The molecule has 2 aromatic carbocycles. The Balaban J connectivity index is 1.35. The van der Waals surface area contributed by atoms with Crippen LogP contribution in [-0.2, 0) is 9.59 Å². The summed E-state index contributed by atoms with van der Waals surface area (Å²) in [5.74, 6) is 1.86. The number of unbranched alkanes of at least 4 members (excludes halogenated alkanes) is 2. The first-order chi connectivity index (χ1) is 16.4. The molecule has 0 unspecified atom stereocenters. The van der Waals surface area contributed by atoms with E-state index in [9.17, 15) is 9.59 Å². The molecule has 2 fully saturated rings. The summed E-state index contributed by atoms with van der Waals surface area (Å²) in [6.45, 7) is 8.50. The van der Waals surface area contributed by atoms with Crippen molar-refractivity contribution in [2.45, 2.75) is 79.1 Å². The molecule has 34 heavy (non-hydrogen) atoms. The number of anilines is 2. The maximum absolute atomic E-state index is 12.6. The monoisotopic (exact) mass is 460 g/mol. The van der Waals surface area contributed by atoms with Crippen molar-refractivity contribution < 1.29 is 9.59 Å². The first-order valence-corrected chi connectivity index (χ1v) is 13.2. The first kappa shape index (κ1) is 24.5. The molecule has 0 aliphatic heterocycles. The highest BCUT2D eigenvalue weighted by molar-refractivity contribution is 5.96. The van der Waals surface area contributed by atoms with E-state index >= 15 is 0 Å². The van der Waals surface area contributed by atoms with Crippen LogP contribution in [-0.4, -0.2) is 11.8 Å². The van der Waals surface area contributed by atoms with E-state index in [1.165, 1.54) is 38.5 Å². The molecule has 2 aliphatic carbocycles. The zero-order chi connectivity index (χ0) is 24.2. The Morgan fingerprint density at radius 1 is 0.735 bits per heavy atom. The highest BCUT2D eigenvalue weighted by Crippen LogP contribution is 2.44. The van der Waals surface area contributed by atoms with Gasteiger partial charge in [-0.15, -0.1) is 0 Å². The lowest BCUT2D eigenvalue weighted by molar-refractivity contribution is -0.118. The van der Waals surface area contributed by atoms with Gasteiger partial charge in [0, 0.05) is 23.2 Å². The third kappa shape index (κ3) is 5.89. The van der Waals surface area contributed by atoms with Gasteiger partial charge in [-0.2, -0.15) is 0 Å². The molecule has 0 radical (unpaired) electrons. The topological polar surface area (TPSA) is 58.2 Å². The molecule has 0 aromatic heterocycles. The fraction of sp³-hybridized carbons (Fsp3) is 0.533. The molecule has 0 saturated heterocycles. The second-order valence-corrected chi connectivity index (χ2v) is 10.5. The minimum absolute atomic E-state index is 0.167. The van der Waals surface area contributed by atoms with Crippen LogP contribution >= 0.6 is 0 Å². The van der Waals surface area contributed by atoms with Crippen LogP contribution in [0.3, 0.4) is 0 Å². The number of aryl methyl sites for hydroxylation is 2. The molecule has 0 spiro atoms. The van der Waals surface area contributed by atoms with E-state index in [4.69, 9.17) is 0 Å². The van der Waals surface area contributed by atoms with E-state index in [0.717, 1.165) is 46.5 Å². The lowest BCUT2D eigenvalue weighted by Crippen LogP contribution is -2.15. The van der Waals surface area contributed by atoms with E-state index in [1.807, 2.05) is 26.0 Å². The van der Waals surface area contributed by atoms with Crippen molar-refractivity contribution in [3.05, 3.63) is 47.5 Å². The Morgan fingerprint density at radius 2 is 1.15 bits per heavy atom. The zero-order valence-electron chi connectivity index (χ0n) is 21.2. The SMILES string of the molecule is CCCC[C@@H]1C[C@@H]1C(=O)Nc1ccc(-c2ccc(NC(=O)[C@H]3C[C@@H]3CCCC)c(C)c2)cc1C. The second-order valence-electron chi connectivity index (χ2n) is 10.5. The van der Waals surface area contributed by atoms with E-state index in [2.05, 4.69) is 48.7 Å². The summed E-state index contributed by atoms with van der Waals surface area (Å²) in [5.41, 5.74) is 6.17. The van der Waals surface area contributed by atoms with Crippen LogP contribution in [0.4, 0.5) is 11.4 Å². The van der Waals surface area contributed by atoms with Crippen molar-refractivity contribution in [3.8, 4) is 11.1 Å². The predicted molar refractivity (Wildman–Crippen MR) is 141 cm³/mol. The molecular formula is C30H40N2O2. The lowest BCUT2D eigenvalue weighted by Gasteiger charge is -2.13. The van der Waals surface area contributed by atoms with Crippen molar-refractivity contribution >= 4 is 23.2 Å². The summed E-state index contributed by atoms with van der Waals surface area (Å²) < 4.78 is 0. The highest BCUT2D eigenvalue weighted by Gasteiger charge is 2.42. The third-order valence-corrected chi connectivity index (χ3v) is 7.68. The minimum atomic E-state index is 0.167. The van der Waals surface area contributed by atoms with Crippen molar-refractivity contribution in [2.24, 2.45) is 23.7 Å². The number of hydrogen-bond acceptors (Lipinski definition) is 2. The summed E-state index contributed by atoms with van der Waals surface area (Å²) in [6.07, 6.45) is 9.21. The molecule has 0 heterocycles. The number of hydrogen-bond donors (Lipinski definition) is 2. The first-order valence-electron chi connectivity index (χ1n) is 13.2. The van der Waals surface area contributed by atoms with E-state index in [1.54, 1.807) is 0 Å². The van der Waals surface area contributed by atoms with Gasteiger partial charge in [-0.1, -0.05) is 51.7 Å². The average molecular weight is 461 g/mol. The largest absolute Gasteiger partial charge is 0.326 e. The van der Waals surface area contributed by atoms with Gasteiger partial charge in [-0.05, 0) is 97.9 Å². The number of nitrogens with one attached hydrogen (secondary N) is 2. The summed E-state index contributed by atoms with van der Waals surface area (Å²) in [7, 11) is 0. The maximum atomic E-state index is 12.6. The van der Waals surface area contributed by atoms with Gasteiger partial charge in [0.05, 0.1) is 0 Å². The average Bonchev–Trinajstić information content (AvgIpc) is 3.74. The van der Waals surface area contributed by atoms with Crippen LogP contribution in [0.2, 0.25) is 0 Å². The van der Waals surface area contributed by atoms with Crippen molar-refractivity contribution in [1.82, 2.24) is 0 Å². The van der Waals surface area contributed by atoms with Crippen LogP contribution in [0, 0.1) is 37.5 Å². The van der Waals surface area contributed by atoms with E-state index < -0.39 is 0 Å². The van der Waals surface area contributed by atoms with Gasteiger partial charge in [0.15, 0.2) is 0 Å². The molecule has 2 aromatic rings. The summed E-state index contributed by atoms with van der Waals surface area (Å²) in [5, 5.41) is 6.29. The number of amides is 2. The third-order valence-electron chi connectivity index (χ3n) is 7.68. The molecule has 182 valence electrons. The Labute approximate surface area is 204 Å². The molecule has 4 nitrogen and oxygen atoms in total. The summed E-state index contributed by atoms with van der Waals surface area (Å²) >= 11 is 0. The van der Waals surface area contributed by atoms with Crippen LogP contribution < -0.4 is 10.6 Å². The molecule has 2 N–H and O–H groups in total. The fourth-order valence-corrected chi connectivity index (χ4v) is 5.13. The van der Waals surface area contributed by atoms with Gasteiger partial charge in [-0.25, -0.2) is 0 Å². The summed E-state index contributed by atoms with van der Waals surface area (Å²) in [6, 6.07) is 12.4. The van der Waals surface area contributed by atoms with Gasteiger partial charge in [0.25, 0.3) is 0 Å². The zero-order valence-corrected chi connectivity index (χ0v) is 21.2. The van der Waals surface area contributed by atoms with Gasteiger partial charge in [0.1, 0.15) is 0 Å². The van der Waals surface area contributed by atoms with Crippen LogP contribution in [0.1, 0.15) is 76.3 Å².